The van der Waals surface area contributed by atoms with E-state index in [1.165, 1.54) is 23.9 Å². The molecule has 2 amide bonds. The molecule has 3 rings (SSSR count). The number of thioether (sulfide) groups is 1. The van der Waals surface area contributed by atoms with Gasteiger partial charge in [0.25, 0.3) is 0 Å². The minimum absolute atomic E-state index is 0.0492. The van der Waals surface area contributed by atoms with Crippen molar-refractivity contribution in [2.75, 3.05) is 31.7 Å². The van der Waals surface area contributed by atoms with Gasteiger partial charge in [-0.1, -0.05) is 24.3 Å². The van der Waals surface area contributed by atoms with Gasteiger partial charge in [-0.15, -0.1) is 11.8 Å². The minimum Gasteiger partial charge on any atom is -0.497 e. The van der Waals surface area contributed by atoms with E-state index < -0.39 is 0 Å². The summed E-state index contributed by atoms with van der Waals surface area (Å²) >= 11 is 1.34. The number of ether oxygens (including phenoxy) is 1. The van der Waals surface area contributed by atoms with Crippen LogP contribution in [-0.2, 0) is 16.0 Å². The number of rotatable bonds is 9. The smallest absolute Gasteiger partial charge is 0.232 e. The van der Waals surface area contributed by atoms with E-state index in [-0.39, 0.29) is 41.1 Å². The fraction of sp³-hybridized carbons (Fsp3) is 0.417. The third-order valence-corrected chi connectivity index (χ3v) is 6.51. The van der Waals surface area contributed by atoms with Crippen molar-refractivity contribution in [1.82, 2.24) is 10.2 Å². The molecule has 0 radical (unpaired) electrons. The molecule has 31 heavy (non-hydrogen) atoms. The standard InChI is InChI=1S/C24H29FN2O3S/c1-17-13-20(19-5-7-21(25)8-6-19)14-27(17)24(29)16-31-15-23(28)26-12-11-18-3-9-22(30-2)10-4-18/h3-10,17,20H,11-16H2,1-2H3,(H,26,28)/t17-,20-/m0/s1. The number of carbonyl (C=O) groups excluding carboxylic acids is 2. The van der Waals surface area contributed by atoms with Crippen LogP contribution in [0.2, 0.25) is 0 Å². The van der Waals surface area contributed by atoms with Crippen LogP contribution < -0.4 is 10.1 Å². The molecule has 166 valence electrons. The molecule has 1 fully saturated rings. The first-order chi connectivity index (χ1) is 15.0. The second-order valence-electron chi connectivity index (χ2n) is 7.82. The summed E-state index contributed by atoms with van der Waals surface area (Å²) in [5, 5.41) is 2.90. The Balaban J connectivity index is 1.35. The van der Waals surface area contributed by atoms with Crippen LogP contribution in [0.25, 0.3) is 0 Å². The molecule has 0 bridgehead atoms. The van der Waals surface area contributed by atoms with Gasteiger partial charge in [0.15, 0.2) is 0 Å². The lowest BCUT2D eigenvalue weighted by atomic mass is 9.97. The number of hydrogen-bond donors (Lipinski definition) is 1. The predicted octanol–water partition coefficient (Wildman–Crippen LogP) is 3.63. The zero-order chi connectivity index (χ0) is 22.2. The second kappa shape index (κ2) is 11.2. The quantitative estimate of drug-likeness (QED) is 0.642. The number of amides is 2. The molecular formula is C24H29FN2O3S. The molecule has 0 spiro atoms. The van der Waals surface area contributed by atoms with E-state index >= 15 is 0 Å². The number of nitrogens with one attached hydrogen (secondary N) is 1. The minimum atomic E-state index is -0.249. The normalized spacial score (nSPS) is 18.1. The van der Waals surface area contributed by atoms with Crippen molar-refractivity contribution < 1.29 is 18.7 Å². The maximum atomic E-state index is 13.1. The van der Waals surface area contributed by atoms with Gasteiger partial charge in [0.1, 0.15) is 11.6 Å². The topological polar surface area (TPSA) is 58.6 Å². The first-order valence-corrected chi connectivity index (χ1v) is 11.6. The zero-order valence-electron chi connectivity index (χ0n) is 18.0. The molecule has 5 nitrogen and oxygen atoms in total. The molecule has 1 saturated heterocycles. The highest BCUT2D eigenvalue weighted by atomic mass is 32.2. The molecule has 0 aliphatic carbocycles. The van der Waals surface area contributed by atoms with Gasteiger partial charge in [0.05, 0.1) is 18.6 Å². The van der Waals surface area contributed by atoms with E-state index in [2.05, 4.69) is 5.32 Å². The van der Waals surface area contributed by atoms with E-state index in [0.29, 0.717) is 13.1 Å². The van der Waals surface area contributed by atoms with Gasteiger partial charge >= 0.3 is 0 Å². The first-order valence-electron chi connectivity index (χ1n) is 10.5. The van der Waals surface area contributed by atoms with Crippen LogP contribution in [0.1, 0.15) is 30.4 Å². The number of hydrogen-bond acceptors (Lipinski definition) is 4. The summed E-state index contributed by atoms with van der Waals surface area (Å²) < 4.78 is 18.3. The van der Waals surface area contributed by atoms with Crippen LogP contribution in [0.3, 0.4) is 0 Å². The number of carbonyl (C=O) groups is 2. The summed E-state index contributed by atoms with van der Waals surface area (Å²) in [5.41, 5.74) is 2.19. The molecule has 2 aromatic carbocycles. The summed E-state index contributed by atoms with van der Waals surface area (Å²) in [5.74, 6) is 1.32. The Hall–Kier alpha value is -2.54. The van der Waals surface area contributed by atoms with Crippen LogP contribution in [0.4, 0.5) is 4.39 Å². The molecule has 2 atom stereocenters. The molecule has 7 heteroatoms. The van der Waals surface area contributed by atoms with E-state index in [1.807, 2.05) is 36.1 Å². The highest BCUT2D eigenvalue weighted by Gasteiger charge is 2.32. The van der Waals surface area contributed by atoms with Crippen molar-refractivity contribution in [3.8, 4) is 5.75 Å². The maximum Gasteiger partial charge on any atom is 0.232 e. The van der Waals surface area contributed by atoms with E-state index in [1.54, 1.807) is 19.2 Å². The van der Waals surface area contributed by atoms with Gasteiger partial charge in [0.2, 0.25) is 11.8 Å². The van der Waals surface area contributed by atoms with Crippen molar-refractivity contribution in [3.63, 3.8) is 0 Å². The highest BCUT2D eigenvalue weighted by molar-refractivity contribution is 8.00. The van der Waals surface area contributed by atoms with E-state index in [4.69, 9.17) is 4.74 Å². The summed E-state index contributed by atoms with van der Waals surface area (Å²) in [7, 11) is 1.63. The van der Waals surface area contributed by atoms with Crippen molar-refractivity contribution in [2.45, 2.75) is 31.7 Å². The zero-order valence-corrected chi connectivity index (χ0v) is 18.8. The molecule has 1 N–H and O–H groups in total. The monoisotopic (exact) mass is 444 g/mol. The van der Waals surface area contributed by atoms with Crippen molar-refractivity contribution >= 4 is 23.6 Å². The van der Waals surface area contributed by atoms with Gasteiger partial charge in [0, 0.05) is 25.0 Å². The molecular weight excluding hydrogens is 415 g/mol. The largest absolute Gasteiger partial charge is 0.497 e. The summed E-state index contributed by atoms with van der Waals surface area (Å²) in [6.07, 6.45) is 1.61. The molecule has 2 aromatic rings. The Bertz CT molecular complexity index is 873. The van der Waals surface area contributed by atoms with Crippen LogP contribution in [0.15, 0.2) is 48.5 Å². The molecule has 0 unspecified atom stereocenters. The van der Waals surface area contributed by atoms with E-state index in [0.717, 1.165) is 29.7 Å². The summed E-state index contributed by atoms with van der Waals surface area (Å²) in [6, 6.07) is 14.4. The van der Waals surface area contributed by atoms with Crippen molar-refractivity contribution in [1.29, 1.82) is 0 Å². The number of benzene rings is 2. The molecule has 1 aliphatic heterocycles. The van der Waals surface area contributed by atoms with E-state index in [9.17, 15) is 14.0 Å². The number of likely N-dealkylation sites (tertiary alicyclic amines) is 1. The third kappa shape index (κ3) is 6.72. The summed E-state index contributed by atoms with van der Waals surface area (Å²) in [6.45, 7) is 3.24. The number of methoxy groups -OCH3 is 1. The predicted molar refractivity (Wildman–Crippen MR) is 122 cm³/mol. The number of halogens is 1. The summed E-state index contributed by atoms with van der Waals surface area (Å²) in [4.78, 5) is 26.6. The van der Waals surface area contributed by atoms with Crippen LogP contribution in [-0.4, -0.2) is 54.5 Å². The Labute approximate surface area is 187 Å². The van der Waals surface area contributed by atoms with Crippen LogP contribution in [0.5, 0.6) is 5.75 Å². The lowest BCUT2D eigenvalue weighted by Crippen LogP contribution is -2.35. The van der Waals surface area contributed by atoms with Crippen molar-refractivity contribution in [3.05, 3.63) is 65.5 Å². The fourth-order valence-electron chi connectivity index (χ4n) is 3.86. The van der Waals surface area contributed by atoms with Crippen LogP contribution >= 0.6 is 11.8 Å². The number of nitrogens with zero attached hydrogens (tertiary/aromatic N) is 1. The fourth-order valence-corrected chi connectivity index (χ4v) is 4.59. The molecule has 0 aromatic heterocycles. The molecule has 1 heterocycles. The van der Waals surface area contributed by atoms with Gasteiger partial charge in [-0.3, -0.25) is 9.59 Å². The third-order valence-electron chi connectivity index (χ3n) is 5.59. The highest BCUT2D eigenvalue weighted by Crippen LogP contribution is 2.32. The van der Waals surface area contributed by atoms with Gasteiger partial charge < -0.3 is 15.0 Å². The average molecular weight is 445 g/mol. The van der Waals surface area contributed by atoms with Gasteiger partial charge in [-0.2, -0.15) is 0 Å². The molecule has 1 aliphatic rings. The Kier molecular flexibility index (Phi) is 8.35. The van der Waals surface area contributed by atoms with Crippen LogP contribution in [0, 0.1) is 5.82 Å². The SMILES string of the molecule is COc1ccc(CCNC(=O)CSCC(=O)N2C[C@@H](c3ccc(F)cc3)C[C@@H]2C)cc1. The first kappa shape index (κ1) is 23.1. The van der Waals surface area contributed by atoms with Gasteiger partial charge in [-0.05, 0) is 55.2 Å². The Morgan fingerprint density at radius 2 is 1.84 bits per heavy atom. The lowest BCUT2D eigenvalue weighted by molar-refractivity contribution is -0.128. The molecule has 0 saturated carbocycles. The maximum absolute atomic E-state index is 13.1. The average Bonchev–Trinajstić information content (AvgIpc) is 3.16. The Morgan fingerprint density at radius 3 is 2.52 bits per heavy atom. The second-order valence-corrected chi connectivity index (χ2v) is 8.81. The lowest BCUT2D eigenvalue weighted by Gasteiger charge is -2.21. The van der Waals surface area contributed by atoms with Crippen molar-refractivity contribution in [2.24, 2.45) is 0 Å². The Morgan fingerprint density at radius 1 is 1.13 bits per heavy atom. The van der Waals surface area contributed by atoms with Gasteiger partial charge in [-0.25, -0.2) is 4.39 Å².